The van der Waals surface area contributed by atoms with Gasteiger partial charge in [0.15, 0.2) is 0 Å². The van der Waals surface area contributed by atoms with Crippen molar-refractivity contribution in [3.63, 3.8) is 0 Å². The van der Waals surface area contributed by atoms with E-state index in [0.717, 1.165) is 48.6 Å². The molecule has 0 radical (unpaired) electrons. The van der Waals surface area contributed by atoms with E-state index in [2.05, 4.69) is 17.4 Å². The summed E-state index contributed by atoms with van der Waals surface area (Å²) in [5.74, 6) is 0. The van der Waals surface area contributed by atoms with Gasteiger partial charge in [-0.1, -0.05) is 36.4 Å². The molecule has 0 spiro atoms. The molecule has 1 aliphatic heterocycles. The summed E-state index contributed by atoms with van der Waals surface area (Å²) in [6.07, 6.45) is 1.62. The highest BCUT2D eigenvalue weighted by Crippen LogP contribution is 2.27. The van der Waals surface area contributed by atoms with Crippen molar-refractivity contribution in [3.8, 4) is 5.69 Å². The molecule has 0 atom stereocenters. The van der Waals surface area contributed by atoms with E-state index in [1.54, 1.807) is 18.2 Å². The third kappa shape index (κ3) is 2.99. The van der Waals surface area contributed by atoms with E-state index >= 15 is 0 Å². The van der Waals surface area contributed by atoms with E-state index in [-0.39, 0.29) is 10.6 Å². The van der Waals surface area contributed by atoms with Crippen molar-refractivity contribution in [3.05, 3.63) is 86.7 Å². The molecule has 0 fully saturated rings. The minimum Gasteiger partial charge on any atom is -0.312 e. The Balaban J connectivity index is 1.82. The first-order valence-electron chi connectivity index (χ1n) is 8.73. The van der Waals surface area contributed by atoms with Gasteiger partial charge in [-0.05, 0) is 18.1 Å². The van der Waals surface area contributed by atoms with Crippen LogP contribution in [0, 0.1) is 17.0 Å². The second-order valence-electron chi connectivity index (χ2n) is 6.60. The fourth-order valence-corrected chi connectivity index (χ4v) is 3.49. The van der Waals surface area contributed by atoms with Crippen LogP contribution in [-0.2, 0) is 19.4 Å². The van der Waals surface area contributed by atoms with Gasteiger partial charge in [-0.3, -0.25) is 10.1 Å². The number of nitrogens with zero attached hydrogens (tertiary/aromatic N) is 3. The minimum absolute atomic E-state index is 0.0911. The standard InChI is InChI=1S/C20H20N4O2/c1-14-7-8-16(24(25)26)12-20(14)23-19-9-10-21-13-17(19)18(22-23)11-15-5-3-2-4-6-15/h2-8,12,21H,9-11,13H2,1H3. The third-order valence-corrected chi connectivity index (χ3v) is 4.86. The van der Waals surface area contributed by atoms with E-state index in [9.17, 15) is 10.1 Å². The van der Waals surface area contributed by atoms with Crippen LogP contribution >= 0.6 is 0 Å². The molecule has 6 nitrogen and oxygen atoms in total. The van der Waals surface area contributed by atoms with Crippen LogP contribution in [0.15, 0.2) is 48.5 Å². The normalized spacial score (nSPS) is 13.4. The Morgan fingerprint density at radius 2 is 2.04 bits per heavy atom. The zero-order valence-corrected chi connectivity index (χ0v) is 14.6. The lowest BCUT2D eigenvalue weighted by Gasteiger charge is -2.16. The summed E-state index contributed by atoms with van der Waals surface area (Å²) in [6, 6.07) is 15.2. The Bertz CT molecular complexity index is 963. The van der Waals surface area contributed by atoms with E-state index < -0.39 is 0 Å². The molecular weight excluding hydrogens is 328 g/mol. The summed E-state index contributed by atoms with van der Waals surface area (Å²) in [4.78, 5) is 10.8. The van der Waals surface area contributed by atoms with Crippen LogP contribution < -0.4 is 5.32 Å². The van der Waals surface area contributed by atoms with Gasteiger partial charge in [-0.2, -0.15) is 5.10 Å². The van der Waals surface area contributed by atoms with Gasteiger partial charge < -0.3 is 5.32 Å². The first-order valence-corrected chi connectivity index (χ1v) is 8.73. The third-order valence-electron chi connectivity index (χ3n) is 4.86. The number of aryl methyl sites for hydroxylation is 1. The van der Waals surface area contributed by atoms with Crippen LogP contribution in [0.25, 0.3) is 5.69 Å². The average Bonchev–Trinajstić information content (AvgIpc) is 3.01. The van der Waals surface area contributed by atoms with Crippen LogP contribution in [0.5, 0.6) is 0 Å². The number of hydrogen-bond acceptors (Lipinski definition) is 4. The molecule has 1 aromatic heterocycles. The fraction of sp³-hybridized carbons (Fsp3) is 0.250. The molecule has 2 heterocycles. The van der Waals surface area contributed by atoms with Gasteiger partial charge in [0, 0.05) is 43.6 Å². The van der Waals surface area contributed by atoms with E-state index in [4.69, 9.17) is 5.10 Å². The van der Waals surface area contributed by atoms with Gasteiger partial charge in [0.05, 0.1) is 22.0 Å². The Morgan fingerprint density at radius 1 is 1.23 bits per heavy atom. The molecule has 2 aromatic carbocycles. The number of non-ortho nitro benzene ring substituents is 1. The summed E-state index contributed by atoms with van der Waals surface area (Å²) in [5.41, 5.74) is 6.46. The maximum Gasteiger partial charge on any atom is 0.271 e. The van der Waals surface area contributed by atoms with Crippen molar-refractivity contribution >= 4 is 5.69 Å². The van der Waals surface area contributed by atoms with Crippen molar-refractivity contribution in [1.29, 1.82) is 0 Å². The molecule has 4 rings (SSSR count). The van der Waals surface area contributed by atoms with E-state index in [0.29, 0.717) is 0 Å². The van der Waals surface area contributed by atoms with Gasteiger partial charge >= 0.3 is 0 Å². The molecule has 0 bridgehead atoms. The Labute approximate surface area is 151 Å². The smallest absolute Gasteiger partial charge is 0.271 e. The predicted octanol–water partition coefficient (Wildman–Crippen LogP) is 3.33. The Hall–Kier alpha value is -2.99. The van der Waals surface area contributed by atoms with Crippen LogP contribution in [0.2, 0.25) is 0 Å². The van der Waals surface area contributed by atoms with Gasteiger partial charge in [0.25, 0.3) is 5.69 Å². The number of rotatable bonds is 4. The molecule has 0 saturated heterocycles. The summed E-state index contributed by atoms with van der Waals surface area (Å²) in [5, 5.41) is 19.5. The molecule has 6 heteroatoms. The van der Waals surface area contributed by atoms with Gasteiger partial charge in [-0.15, -0.1) is 0 Å². The van der Waals surface area contributed by atoms with Gasteiger partial charge in [0.2, 0.25) is 0 Å². The first-order chi connectivity index (χ1) is 12.6. The summed E-state index contributed by atoms with van der Waals surface area (Å²) >= 11 is 0. The number of hydrogen-bond donors (Lipinski definition) is 1. The zero-order valence-electron chi connectivity index (χ0n) is 14.6. The molecule has 0 saturated carbocycles. The van der Waals surface area contributed by atoms with Crippen molar-refractivity contribution in [2.45, 2.75) is 26.3 Å². The summed E-state index contributed by atoms with van der Waals surface area (Å²) in [6.45, 7) is 3.63. The van der Waals surface area contributed by atoms with Crippen LogP contribution in [0.3, 0.4) is 0 Å². The predicted molar refractivity (Wildman–Crippen MR) is 99.6 cm³/mol. The lowest BCUT2D eigenvalue weighted by molar-refractivity contribution is -0.384. The maximum atomic E-state index is 11.2. The van der Waals surface area contributed by atoms with Crippen molar-refractivity contribution in [2.24, 2.45) is 0 Å². The number of aromatic nitrogens is 2. The number of nitro groups is 1. The lowest BCUT2D eigenvalue weighted by Crippen LogP contribution is -2.25. The number of nitrogens with one attached hydrogen (secondary N) is 1. The summed E-state index contributed by atoms with van der Waals surface area (Å²) < 4.78 is 1.91. The topological polar surface area (TPSA) is 73.0 Å². The zero-order chi connectivity index (χ0) is 18.1. The van der Waals surface area contributed by atoms with E-state index in [1.807, 2.05) is 29.8 Å². The summed E-state index contributed by atoms with van der Waals surface area (Å²) in [7, 11) is 0. The largest absolute Gasteiger partial charge is 0.312 e. The monoisotopic (exact) mass is 348 g/mol. The van der Waals surface area contributed by atoms with E-state index in [1.165, 1.54) is 11.1 Å². The number of fused-ring (bicyclic) bond motifs is 1. The van der Waals surface area contributed by atoms with Crippen LogP contribution in [-0.4, -0.2) is 21.2 Å². The van der Waals surface area contributed by atoms with Crippen molar-refractivity contribution in [2.75, 3.05) is 6.54 Å². The Morgan fingerprint density at radius 3 is 2.81 bits per heavy atom. The molecule has 0 aliphatic carbocycles. The second kappa shape index (κ2) is 6.72. The van der Waals surface area contributed by atoms with Crippen molar-refractivity contribution in [1.82, 2.24) is 15.1 Å². The molecule has 0 unspecified atom stereocenters. The second-order valence-corrected chi connectivity index (χ2v) is 6.60. The van der Waals surface area contributed by atoms with Crippen LogP contribution in [0.1, 0.15) is 28.1 Å². The fourth-order valence-electron chi connectivity index (χ4n) is 3.49. The van der Waals surface area contributed by atoms with Gasteiger partial charge in [0.1, 0.15) is 0 Å². The van der Waals surface area contributed by atoms with Gasteiger partial charge in [-0.25, -0.2) is 4.68 Å². The lowest BCUT2D eigenvalue weighted by atomic mass is 10.0. The van der Waals surface area contributed by atoms with Crippen molar-refractivity contribution < 1.29 is 4.92 Å². The highest BCUT2D eigenvalue weighted by Gasteiger charge is 2.23. The molecule has 1 aliphatic rings. The molecular formula is C20H20N4O2. The minimum atomic E-state index is -0.356. The number of benzene rings is 2. The highest BCUT2D eigenvalue weighted by molar-refractivity contribution is 5.51. The molecule has 3 aromatic rings. The number of nitro benzene ring substituents is 1. The molecule has 0 amide bonds. The SMILES string of the molecule is Cc1ccc([N+](=O)[O-])cc1-n1nc(Cc2ccccc2)c2c1CCNC2. The Kier molecular flexibility index (Phi) is 4.26. The average molecular weight is 348 g/mol. The molecule has 26 heavy (non-hydrogen) atoms. The van der Waals surface area contributed by atoms with Crippen LogP contribution in [0.4, 0.5) is 5.69 Å². The maximum absolute atomic E-state index is 11.2. The quantitative estimate of drug-likeness (QED) is 0.580. The highest BCUT2D eigenvalue weighted by atomic mass is 16.6. The molecule has 1 N–H and O–H groups in total. The first kappa shape index (κ1) is 16.5. The molecule has 132 valence electrons.